The van der Waals surface area contributed by atoms with E-state index in [-0.39, 0.29) is 5.91 Å². The van der Waals surface area contributed by atoms with Gasteiger partial charge in [-0.05, 0) is 25.0 Å². The Balaban J connectivity index is 1.79. The van der Waals surface area contributed by atoms with Gasteiger partial charge in [0.2, 0.25) is 5.91 Å². The molecule has 8 nitrogen and oxygen atoms in total. The molecule has 0 aliphatic carbocycles. The van der Waals surface area contributed by atoms with Crippen molar-refractivity contribution >= 4 is 35.0 Å². The van der Waals surface area contributed by atoms with Gasteiger partial charge in [-0.2, -0.15) is 0 Å². The zero-order valence-corrected chi connectivity index (χ0v) is 14.9. The molecule has 2 heterocycles. The molecule has 2 amide bonds. The third kappa shape index (κ3) is 3.69. The molecule has 2 N–H and O–H groups in total. The number of aliphatic carboxylic acids is 1. The summed E-state index contributed by atoms with van der Waals surface area (Å²) in [7, 11) is 1.80. The van der Waals surface area contributed by atoms with E-state index in [1.54, 1.807) is 17.7 Å². The minimum atomic E-state index is -1.18. The second-order valence-electron chi connectivity index (χ2n) is 6.65. The lowest BCUT2D eigenvalue weighted by molar-refractivity contribution is -0.139. The fourth-order valence-electron chi connectivity index (χ4n) is 3.52. The number of aldehydes is 1. The van der Waals surface area contributed by atoms with E-state index in [9.17, 15) is 19.2 Å². The summed E-state index contributed by atoms with van der Waals surface area (Å²) in [6.07, 6.45) is 1.05. The number of nitrogens with zero attached hydrogens (tertiary/aromatic N) is 2. The summed E-state index contributed by atoms with van der Waals surface area (Å²) in [6.45, 7) is 0.434. The van der Waals surface area contributed by atoms with Crippen LogP contribution < -0.4 is 5.32 Å². The van der Waals surface area contributed by atoms with Crippen LogP contribution in [0.4, 0.5) is 0 Å². The first-order chi connectivity index (χ1) is 12.9. The second kappa shape index (κ2) is 7.61. The van der Waals surface area contributed by atoms with Gasteiger partial charge in [-0.3, -0.25) is 14.4 Å². The van der Waals surface area contributed by atoms with Gasteiger partial charge in [0.05, 0.1) is 12.5 Å². The Labute approximate surface area is 155 Å². The summed E-state index contributed by atoms with van der Waals surface area (Å²) < 4.78 is 1.80. The zero-order chi connectivity index (χ0) is 19.6. The van der Waals surface area contributed by atoms with Crippen LogP contribution in [-0.4, -0.2) is 57.3 Å². The fraction of sp³-hybridized carbons (Fsp3) is 0.368. The van der Waals surface area contributed by atoms with E-state index >= 15 is 0 Å². The van der Waals surface area contributed by atoms with Gasteiger partial charge in [-0.1, -0.05) is 18.2 Å². The van der Waals surface area contributed by atoms with Crippen molar-refractivity contribution in [1.29, 1.82) is 0 Å². The molecule has 1 saturated heterocycles. The number of carboxylic acid groups (broad SMARTS) is 1. The third-order valence-corrected chi connectivity index (χ3v) is 4.87. The van der Waals surface area contributed by atoms with Gasteiger partial charge in [0.25, 0.3) is 5.91 Å². The van der Waals surface area contributed by atoms with Gasteiger partial charge in [0, 0.05) is 24.5 Å². The van der Waals surface area contributed by atoms with Crippen LogP contribution >= 0.6 is 0 Å². The number of nitrogens with one attached hydrogen (secondary N) is 1. The highest BCUT2D eigenvalue weighted by Gasteiger charge is 2.36. The minimum absolute atomic E-state index is 0.257. The van der Waals surface area contributed by atoms with Gasteiger partial charge >= 0.3 is 5.97 Å². The maximum Gasteiger partial charge on any atom is 0.305 e. The highest BCUT2D eigenvalue weighted by molar-refractivity contribution is 6.01. The lowest BCUT2D eigenvalue weighted by Gasteiger charge is -2.25. The molecule has 0 radical (unpaired) electrons. The van der Waals surface area contributed by atoms with Crippen molar-refractivity contribution in [2.45, 2.75) is 31.3 Å². The van der Waals surface area contributed by atoms with E-state index in [1.165, 1.54) is 4.90 Å². The number of para-hydroxylation sites is 1. The monoisotopic (exact) mass is 371 g/mol. The van der Waals surface area contributed by atoms with E-state index in [4.69, 9.17) is 5.11 Å². The number of carbonyl (C=O) groups excluding carboxylic acids is 3. The molecule has 2 aromatic rings. The molecule has 142 valence electrons. The van der Waals surface area contributed by atoms with Crippen LogP contribution in [0.5, 0.6) is 0 Å². The summed E-state index contributed by atoms with van der Waals surface area (Å²) in [6, 6.07) is 7.60. The van der Waals surface area contributed by atoms with Crippen LogP contribution in [0.3, 0.4) is 0 Å². The highest BCUT2D eigenvalue weighted by Crippen LogP contribution is 2.24. The number of aryl methyl sites for hydroxylation is 1. The van der Waals surface area contributed by atoms with Crippen molar-refractivity contribution in [2.75, 3.05) is 6.54 Å². The van der Waals surface area contributed by atoms with Crippen LogP contribution in [0.2, 0.25) is 0 Å². The number of amides is 2. The Morgan fingerprint density at radius 2 is 2.07 bits per heavy atom. The first kappa shape index (κ1) is 18.6. The molecule has 27 heavy (non-hydrogen) atoms. The molecule has 1 fully saturated rings. The number of likely N-dealkylation sites (tertiary alicyclic amines) is 1. The molecule has 0 saturated carbocycles. The normalized spacial score (nSPS) is 17.7. The number of hydrogen-bond acceptors (Lipinski definition) is 4. The Bertz CT molecular complexity index is 904. The van der Waals surface area contributed by atoms with Crippen LogP contribution in [-0.2, 0) is 21.4 Å². The van der Waals surface area contributed by atoms with Crippen LogP contribution in [0.25, 0.3) is 10.9 Å². The second-order valence-corrected chi connectivity index (χ2v) is 6.65. The fourth-order valence-corrected chi connectivity index (χ4v) is 3.52. The van der Waals surface area contributed by atoms with E-state index in [2.05, 4.69) is 5.32 Å². The molecule has 1 aromatic carbocycles. The molecule has 3 rings (SSSR count). The number of rotatable bonds is 6. The van der Waals surface area contributed by atoms with Gasteiger partial charge < -0.3 is 24.7 Å². The molecule has 8 heteroatoms. The van der Waals surface area contributed by atoms with E-state index < -0.39 is 30.4 Å². The molecule has 0 bridgehead atoms. The van der Waals surface area contributed by atoms with Crippen LogP contribution in [0.15, 0.2) is 30.3 Å². The van der Waals surface area contributed by atoms with Gasteiger partial charge in [0.1, 0.15) is 18.0 Å². The predicted molar refractivity (Wildman–Crippen MR) is 97.2 cm³/mol. The molecule has 0 spiro atoms. The summed E-state index contributed by atoms with van der Waals surface area (Å²) in [5.74, 6) is -1.94. The van der Waals surface area contributed by atoms with Gasteiger partial charge in [-0.25, -0.2) is 0 Å². The van der Waals surface area contributed by atoms with Crippen molar-refractivity contribution in [3.63, 3.8) is 0 Å². The number of fused-ring (bicyclic) bond motifs is 1. The van der Waals surface area contributed by atoms with Crippen molar-refractivity contribution in [1.82, 2.24) is 14.8 Å². The third-order valence-electron chi connectivity index (χ3n) is 4.87. The topological polar surface area (TPSA) is 109 Å². The SMILES string of the molecule is Cn1c(C(=O)N2CCCC2C(=O)N[C@H](C=O)CC(=O)O)cc2ccccc21. The lowest BCUT2D eigenvalue weighted by Crippen LogP contribution is -2.49. The zero-order valence-electron chi connectivity index (χ0n) is 14.9. The predicted octanol–water partition coefficient (Wildman–Crippen LogP) is 0.941. The first-order valence-corrected chi connectivity index (χ1v) is 8.75. The summed E-state index contributed by atoms with van der Waals surface area (Å²) in [5, 5.41) is 12.2. The van der Waals surface area contributed by atoms with Gasteiger partial charge in [-0.15, -0.1) is 0 Å². The average Bonchev–Trinajstić information content (AvgIpc) is 3.26. The Morgan fingerprint density at radius 1 is 1.33 bits per heavy atom. The number of aromatic nitrogens is 1. The van der Waals surface area contributed by atoms with E-state index in [0.717, 1.165) is 10.9 Å². The van der Waals surface area contributed by atoms with E-state index in [1.807, 2.05) is 24.3 Å². The van der Waals surface area contributed by atoms with Crippen molar-refractivity contribution in [3.8, 4) is 0 Å². The Kier molecular flexibility index (Phi) is 5.25. The van der Waals surface area contributed by atoms with Gasteiger partial charge in [0.15, 0.2) is 0 Å². The summed E-state index contributed by atoms with van der Waals surface area (Å²) in [4.78, 5) is 48.9. The number of benzene rings is 1. The first-order valence-electron chi connectivity index (χ1n) is 8.75. The average molecular weight is 371 g/mol. The number of carbonyl (C=O) groups is 4. The number of carboxylic acids is 1. The van der Waals surface area contributed by atoms with Crippen LogP contribution in [0.1, 0.15) is 29.8 Å². The maximum atomic E-state index is 13.0. The molecular weight excluding hydrogens is 350 g/mol. The molecular formula is C19H21N3O5. The quantitative estimate of drug-likeness (QED) is 0.735. The molecule has 1 aliphatic rings. The summed E-state index contributed by atoms with van der Waals surface area (Å²) in [5.41, 5.74) is 1.40. The molecule has 2 atom stereocenters. The largest absolute Gasteiger partial charge is 0.481 e. The molecule has 1 unspecified atom stereocenters. The van der Waals surface area contributed by atoms with Crippen molar-refractivity contribution in [3.05, 3.63) is 36.0 Å². The maximum absolute atomic E-state index is 13.0. The highest BCUT2D eigenvalue weighted by atomic mass is 16.4. The Morgan fingerprint density at radius 3 is 2.74 bits per heavy atom. The van der Waals surface area contributed by atoms with Crippen LogP contribution in [0, 0.1) is 0 Å². The number of hydrogen-bond donors (Lipinski definition) is 2. The van der Waals surface area contributed by atoms with Crippen molar-refractivity contribution in [2.24, 2.45) is 7.05 Å². The summed E-state index contributed by atoms with van der Waals surface area (Å²) >= 11 is 0. The van der Waals surface area contributed by atoms with E-state index in [0.29, 0.717) is 31.4 Å². The van der Waals surface area contributed by atoms with Crippen molar-refractivity contribution < 1.29 is 24.3 Å². The smallest absolute Gasteiger partial charge is 0.305 e. The standard InChI is InChI=1S/C19H21N3O5/c1-21-14-6-3-2-5-12(14)9-16(21)19(27)22-8-4-7-15(22)18(26)20-13(11-23)10-17(24)25/h2-3,5-6,9,11,13,15H,4,7-8,10H2,1H3,(H,20,26)(H,24,25)/t13-,15?/m0/s1. The molecule has 1 aromatic heterocycles. The molecule has 1 aliphatic heterocycles. The lowest BCUT2D eigenvalue weighted by atomic mass is 10.1. The Hall–Kier alpha value is -3.16. The minimum Gasteiger partial charge on any atom is -0.481 e.